The molecule has 4 heteroatoms. The second-order valence-electron chi connectivity index (χ2n) is 4.60. The summed E-state index contributed by atoms with van der Waals surface area (Å²) < 4.78 is 5.09. The molecule has 1 aromatic heterocycles. The number of nitrogens with zero attached hydrogens (tertiary/aromatic N) is 2. The predicted octanol–water partition coefficient (Wildman–Crippen LogP) is 1.56. The third-order valence-electron chi connectivity index (χ3n) is 3.04. The first-order chi connectivity index (χ1) is 7.78. The Bertz CT molecular complexity index is 322. The summed E-state index contributed by atoms with van der Waals surface area (Å²) >= 11 is 0. The zero-order valence-electron chi connectivity index (χ0n) is 10.2. The summed E-state index contributed by atoms with van der Waals surface area (Å²) in [5.41, 5.74) is 1.05. The highest BCUT2D eigenvalue weighted by atomic mass is 16.5. The van der Waals surface area contributed by atoms with Crippen LogP contribution in [-0.4, -0.2) is 35.7 Å². The van der Waals surface area contributed by atoms with Crippen molar-refractivity contribution in [1.29, 1.82) is 0 Å². The van der Waals surface area contributed by atoms with Crippen molar-refractivity contribution in [3.63, 3.8) is 0 Å². The minimum absolute atomic E-state index is 0.645. The number of hydrogen-bond donors (Lipinski definition) is 1. The quantitative estimate of drug-likeness (QED) is 0.841. The minimum Gasteiger partial charge on any atom is -0.361 e. The van der Waals surface area contributed by atoms with Gasteiger partial charge in [-0.3, -0.25) is 4.90 Å². The van der Waals surface area contributed by atoms with Crippen molar-refractivity contribution in [3.8, 4) is 0 Å². The van der Waals surface area contributed by atoms with Crippen molar-refractivity contribution < 1.29 is 4.52 Å². The lowest BCUT2D eigenvalue weighted by atomic mass is 10.1. The van der Waals surface area contributed by atoms with Crippen LogP contribution in [0.3, 0.4) is 0 Å². The highest BCUT2D eigenvalue weighted by Crippen LogP contribution is 2.10. The molecule has 16 heavy (non-hydrogen) atoms. The van der Waals surface area contributed by atoms with E-state index < -0.39 is 0 Å². The lowest BCUT2D eigenvalue weighted by Gasteiger charge is -2.33. The fourth-order valence-corrected chi connectivity index (χ4v) is 2.30. The molecule has 1 aliphatic rings. The molecule has 1 atom stereocenters. The summed E-state index contributed by atoms with van der Waals surface area (Å²) in [5.74, 6) is 0.898. The maximum Gasteiger partial charge on any atom is 0.133 e. The molecule has 2 rings (SSSR count). The second-order valence-corrected chi connectivity index (χ2v) is 4.60. The van der Waals surface area contributed by atoms with Crippen LogP contribution in [0.5, 0.6) is 0 Å². The first-order valence-electron chi connectivity index (χ1n) is 6.16. The number of nitrogens with one attached hydrogen (secondary N) is 1. The van der Waals surface area contributed by atoms with Gasteiger partial charge in [0.15, 0.2) is 0 Å². The average Bonchev–Trinajstić information content (AvgIpc) is 2.65. The molecule has 0 spiro atoms. The molecule has 1 fully saturated rings. The summed E-state index contributed by atoms with van der Waals surface area (Å²) in [4.78, 5) is 2.45. The van der Waals surface area contributed by atoms with Crippen LogP contribution in [0.2, 0.25) is 0 Å². The van der Waals surface area contributed by atoms with Crippen LogP contribution in [0.25, 0.3) is 0 Å². The van der Waals surface area contributed by atoms with Crippen molar-refractivity contribution in [2.75, 3.05) is 19.6 Å². The minimum atomic E-state index is 0.645. The third kappa shape index (κ3) is 3.06. The highest BCUT2D eigenvalue weighted by molar-refractivity contribution is 5.03. The fourth-order valence-electron chi connectivity index (χ4n) is 2.30. The molecule has 1 aromatic rings. The van der Waals surface area contributed by atoms with E-state index in [1.165, 1.54) is 12.8 Å². The maximum atomic E-state index is 5.09. The van der Waals surface area contributed by atoms with Crippen LogP contribution >= 0.6 is 0 Å². The van der Waals surface area contributed by atoms with E-state index in [-0.39, 0.29) is 0 Å². The average molecular weight is 223 g/mol. The molecule has 0 aromatic carbocycles. The highest BCUT2D eigenvalue weighted by Gasteiger charge is 2.19. The van der Waals surface area contributed by atoms with Crippen LogP contribution in [0.15, 0.2) is 10.6 Å². The standard InChI is InChI=1S/C12H21N3O/c1-3-4-11-8-15(6-5-13-11)9-12-7-10(2)16-14-12/h7,11,13H,3-6,8-9H2,1-2H3. The Labute approximate surface area is 97.0 Å². The Hall–Kier alpha value is -0.870. The van der Waals surface area contributed by atoms with E-state index in [0.717, 1.165) is 37.6 Å². The number of hydrogen-bond acceptors (Lipinski definition) is 4. The molecule has 0 amide bonds. The number of aromatic nitrogens is 1. The Morgan fingerprint density at radius 2 is 2.50 bits per heavy atom. The van der Waals surface area contributed by atoms with Gasteiger partial charge >= 0.3 is 0 Å². The lowest BCUT2D eigenvalue weighted by molar-refractivity contribution is 0.182. The third-order valence-corrected chi connectivity index (χ3v) is 3.04. The van der Waals surface area contributed by atoms with Gasteiger partial charge < -0.3 is 9.84 Å². The largest absolute Gasteiger partial charge is 0.361 e. The molecule has 1 unspecified atom stereocenters. The first kappa shape index (κ1) is 11.6. The molecule has 90 valence electrons. The smallest absolute Gasteiger partial charge is 0.133 e. The molecule has 1 N–H and O–H groups in total. The molecular formula is C12H21N3O. The van der Waals surface area contributed by atoms with E-state index in [1.54, 1.807) is 0 Å². The molecule has 1 aliphatic heterocycles. The van der Waals surface area contributed by atoms with Crippen molar-refractivity contribution >= 4 is 0 Å². The van der Waals surface area contributed by atoms with E-state index in [0.29, 0.717) is 6.04 Å². The predicted molar refractivity (Wildman–Crippen MR) is 63.2 cm³/mol. The van der Waals surface area contributed by atoms with Crippen LogP contribution < -0.4 is 5.32 Å². The molecule has 0 radical (unpaired) electrons. The van der Waals surface area contributed by atoms with Crippen LogP contribution in [0.1, 0.15) is 31.2 Å². The van der Waals surface area contributed by atoms with Gasteiger partial charge in [-0.2, -0.15) is 0 Å². The molecular weight excluding hydrogens is 202 g/mol. The Morgan fingerprint density at radius 3 is 3.19 bits per heavy atom. The molecule has 0 bridgehead atoms. The normalized spacial score (nSPS) is 22.5. The van der Waals surface area contributed by atoms with E-state index in [2.05, 4.69) is 22.3 Å². The number of piperazine rings is 1. The van der Waals surface area contributed by atoms with Crippen molar-refractivity contribution in [2.45, 2.75) is 39.3 Å². The van der Waals surface area contributed by atoms with Crippen molar-refractivity contribution in [3.05, 3.63) is 17.5 Å². The Morgan fingerprint density at radius 1 is 1.62 bits per heavy atom. The van der Waals surface area contributed by atoms with Gasteiger partial charge in [-0.15, -0.1) is 0 Å². The summed E-state index contributed by atoms with van der Waals surface area (Å²) in [6.45, 7) is 8.41. The number of rotatable bonds is 4. The summed E-state index contributed by atoms with van der Waals surface area (Å²) in [7, 11) is 0. The summed E-state index contributed by atoms with van der Waals surface area (Å²) in [6.07, 6.45) is 2.50. The van der Waals surface area contributed by atoms with Gasteiger partial charge in [0.25, 0.3) is 0 Å². The monoisotopic (exact) mass is 223 g/mol. The SMILES string of the molecule is CCCC1CN(Cc2cc(C)on2)CCN1. The van der Waals surface area contributed by atoms with Crippen LogP contribution in [0, 0.1) is 6.92 Å². The van der Waals surface area contributed by atoms with Gasteiger partial charge in [0, 0.05) is 38.3 Å². The molecule has 1 saturated heterocycles. The van der Waals surface area contributed by atoms with Gasteiger partial charge in [-0.05, 0) is 13.3 Å². The van der Waals surface area contributed by atoms with E-state index in [1.807, 2.05) is 13.0 Å². The first-order valence-corrected chi connectivity index (χ1v) is 6.16. The van der Waals surface area contributed by atoms with Crippen LogP contribution in [-0.2, 0) is 6.54 Å². The summed E-state index contributed by atoms with van der Waals surface area (Å²) in [6, 6.07) is 2.67. The van der Waals surface area contributed by atoms with Crippen molar-refractivity contribution in [1.82, 2.24) is 15.4 Å². The zero-order valence-corrected chi connectivity index (χ0v) is 10.2. The molecule has 0 saturated carbocycles. The van der Waals surface area contributed by atoms with E-state index in [4.69, 9.17) is 4.52 Å². The van der Waals surface area contributed by atoms with E-state index in [9.17, 15) is 0 Å². The van der Waals surface area contributed by atoms with Gasteiger partial charge in [-0.1, -0.05) is 18.5 Å². The fraction of sp³-hybridized carbons (Fsp3) is 0.750. The Kier molecular flexibility index (Phi) is 3.96. The summed E-state index contributed by atoms with van der Waals surface area (Å²) in [5, 5.41) is 7.60. The Balaban J connectivity index is 1.85. The zero-order chi connectivity index (χ0) is 11.4. The van der Waals surface area contributed by atoms with Gasteiger partial charge in [0.05, 0.1) is 5.69 Å². The van der Waals surface area contributed by atoms with Gasteiger partial charge in [0.2, 0.25) is 0 Å². The lowest BCUT2D eigenvalue weighted by Crippen LogP contribution is -2.50. The molecule has 4 nitrogen and oxygen atoms in total. The second kappa shape index (κ2) is 5.46. The van der Waals surface area contributed by atoms with Crippen molar-refractivity contribution in [2.24, 2.45) is 0 Å². The topological polar surface area (TPSA) is 41.3 Å². The van der Waals surface area contributed by atoms with Gasteiger partial charge in [-0.25, -0.2) is 0 Å². The van der Waals surface area contributed by atoms with E-state index >= 15 is 0 Å². The maximum absolute atomic E-state index is 5.09. The van der Waals surface area contributed by atoms with Crippen LogP contribution in [0.4, 0.5) is 0 Å². The molecule has 0 aliphatic carbocycles. The molecule has 2 heterocycles. The van der Waals surface area contributed by atoms with Gasteiger partial charge in [0.1, 0.15) is 5.76 Å². The number of aryl methyl sites for hydroxylation is 1.